The van der Waals surface area contributed by atoms with Gasteiger partial charge in [-0.25, -0.2) is 0 Å². The average molecular weight is 270 g/mol. The lowest BCUT2D eigenvalue weighted by Crippen LogP contribution is -2.17. The van der Waals surface area contributed by atoms with Crippen LogP contribution in [0.2, 0.25) is 0 Å². The number of hydrogen-bond donors (Lipinski definition) is 2. The van der Waals surface area contributed by atoms with Crippen molar-refractivity contribution in [3.8, 4) is 16.9 Å². The summed E-state index contributed by atoms with van der Waals surface area (Å²) in [6.07, 6.45) is -3.38. The topological polar surface area (TPSA) is 68.1 Å². The molecule has 0 aliphatic rings. The van der Waals surface area contributed by atoms with Crippen molar-refractivity contribution < 1.29 is 17.9 Å². The summed E-state index contributed by atoms with van der Waals surface area (Å²) < 4.78 is 40.1. The Bertz CT molecular complexity index is 650. The summed E-state index contributed by atoms with van der Waals surface area (Å²) in [6, 6.07) is 6.77. The van der Waals surface area contributed by atoms with Crippen LogP contribution >= 0.6 is 0 Å². The molecule has 2 rings (SSSR count). The van der Waals surface area contributed by atoms with E-state index in [1.807, 2.05) is 0 Å². The van der Waals surface area contributed by atoms with Crippen LogP contribution in [-0.4, -0.2) is 11.3 Å². The number of benzene rings is 1. The molecule has 1 aromatic heterocycles. The molecule has 0 atom stereocenters. The van der Waals surface area contributed by atoms with E-state index in [4.69, 9.17) is 5.73 Å². The van der Waals surface area contributed by atoms with Gasteiger partial charge in [-0.1, -0.05) is 12.1 Å². The third-order valence-corrected chi connectivity index (χ3v) is 2.33. The highest BCUT2D eigenvalue weighted by atomic mass is 19.4. The molecule has 0 aliphatic carbocycles. The second-order valence-corrected chi connectivity index (χ2v) is 3.75. The Morgan fingerprint density at radius 1 is 1.16 bits per heavy atom. The van der Waals surface area contributed by atoms with E-state index in [1.54, 1.807) is 6.07 Å². The van der Waals surface area contributed by atoms with Gasteiger partial charge in [-0.15, -0.1) is 13.2 Å². The molecule has 0 unspecified atom stereocenters. The Morgan fingerprint density at radius 3 is 2.53 bits per heavy atom. The van der Waals surface area contributed by atoms with Crippen LogP contribution in [0.1, 0.15) is 0 Å². The monoisotopic (exact) mass is 270 g/mol. The number of halogens is 3. The number of pyridine rings is 1. The fourth-order valence-corrected chi connectivity index (χ4v) is 1.54. The number of aromatic nitrogens is 1. The summed E-state index contributed by atoms with van der Waals surface area (Å²) in [5, 5.41) is 0. The molecule has 1 aromatic carbocycles. The molecule has 2 aromatic rings. The van der Waals surface area contributed by atoms with Gasteiger partial charge in [0.2, 0.25) is 0 Å². The number of H-pyrrole nitrogens is 1. The zero-order valence-corrected chi connectivity index (χ0v) is 9.49. The summed E-state index contributed by atoms with van der Waals surface area (Å²) in [5.41, 5.74) is 5.92. The number of anilines is 1. The molecule has 0 fully saturated rings. The minimum atomic E-state index is -4.75. The smallest absolute Gasteiger partial charge is 0.406 e. The number of nitrogens with one attached hydrogen (secondary N) is 1. The molecule has 1 heterocycles. The van der Waals surface area contributed by atoms with E-state index in [0.717, 1.165) is 0 Å². The second-order valence-electron chi connectivity index (χ2n) is 3.75. The van der Waals surface area contributed by atoms with Crippen LogP contribution in [0.3, 0.4) is 0 Å². The average Bonchev–Trinajstić information content (AvgIpc) is 2.31. The molecule has 100 valence electrons. The first-order valence-electron chi connectivity index (χ1n) is 5.19. The lowest BCUT2D eigenvalue weighted by molar-refractivity contribution is -0.274. The fraction of sp³-hybridized carbons (Fsp3) is 0.0833. The number of nitrogen functional groups attached to an aromatic ring is 1. The lowest BCUT2D eigenvalue weighted by Gasteiger charge is -2.10. The van der Waals surface area contributed by atoms with Crippen molar-refractivity contribution >= 4 is 5.69 Å². The molecule has 4 nitrogen and oxygen atoms in total. The molecule has 3 N–H and O–H groups in total. The van der Waals surface area contributed by atoms with Crippen LogP contribution in [0.25, 0.3) is 11.1 Å². The maximum Gasteiger partial charge on any atom is 0.573 e. The molecule has 0 amide bonds. The Kier molecular flexibility index (Phi) is 3.20. The Labute approximate surface area is 105 Å². The second kappa shape index (κ2) is 4.68. The third kappa shape index (κ3) is 3.27. The quantitative estimate of drug-likeness (QED) is 0.881. The number of rotatable bonds is 2. The normalized spacial score (nSPS) is 11.3. The SMILES string of the molecule is Nc1cc(-c2cccc(OC(F)(F)F)c2)c[nH]c1=O. The summed E-state index contributed by atoms with van der Waals surface area (Å²) in [7, 11) is 0. The minimum absolute atomic E-state index is 0.0142. The van der Waals surface area contributed by atoms with E-state index in [1.165, 1.54) is 30.5 Å². The van der Waals surface area contributed by atoms with Gasteiger partial charge in [-0.3, -0.25) is 4.79 Å². The van der Waals surface area contributed by atoms with Gasteiger partial charge < -0.3 is 15.5 Å². The molecule has 0 aliphatic heterocycles. The van der Waals surface area contributed by atoms with Crippen molar-refractivity contribution in [2.24, 2.45) is 0 Å². The van der Waals surface area contributed by atoms with Crippen molar-refractivity contribution in [1.29, 1.82) is 0 Å². The van der Waals surface area contributed by atoms with Crippen LogP contribution in [-0.2, 0) is 0 Å². The highest BCUT2D eigenvalue weighted by Gasteiger charge is 2.31. The van der Waals surface area contributed by atoms with Crippen molar-refractivity contribution in [1.82, 2.24) is 4.98 Å². The first kappa shape index (κ1) is 13.0. The first-order valence-corrected chi connectivity index (χ1v) is 5.19. The van der Waals surface area contributed by atoms with Gasteiger partial charge in [0.05, 0.1) is 5.69 Å². The molecule has 0 spiro atoms. The number of hydrogen-bond acceptors (Lipinski definition) is 3. The first-order chi connectivity index (χ1) is 8.85. The number of ether oxygens (including phenoxy) is 1. The summed E-state index contributed by atoms with van der Waals surface area (Å²) >= 11 is 0. The number of alkyl halides is 3. The van der Waals surface area contributed by atoms with Crippen LogP contribution in [0.5, 0.6) is 5.75 Å². The van der Waals surface area contributed by atoms with Gasteiger partial charge in [0.1, 0.15) is 5.75 Å². The van der Waals surface area contributed by atoms with E-state index in [-0.39, 0.29) is 11.4 Å². The van der Waals surface area contributed by atoms with Gasteiger partial charge in [0.25, 0.3) is 5.56 Å². The fourth-order valence-electron chi connectivity index (χ4n) is 1.54. The lowest BCUT2D eigenvalue weighted by atomic mass is 10.1. The largest absolute Gasteiger partial charge is 0.573 e. The molecule has 0 bridgehead atoms. The van der Waals surface area contributed by atoms with Crippen molar-refractivity contribution in [3.63, 3.8) is 0 Å². The molecule has 0 radical (unpaired) electrons. The zero-order chi connectivity index (χ0) is 14.0. The van der Waals surface area contributed by atoms with Gasteiger partial charge in [-0.05, 0) is 23.8 Å². The van der Waals surface area contributed by atoms with Crippen molar-refractivity contribution in [3.05, 3.63) is 46.9 Å². The van der Waals surface area contributed by atoms with E-state index >= 15 is 0 Å². The maximum atomic E-state index is 12.1. The van der Waals surface area contributed by atoms with Crippen molar-refractivity contribution in [2.75, 3.05) is 5.73 Å². The zero-order valence-electron chi connectivity index (χ0n) is 9.49. The summed E-state index contributed by atoms with van der Waals surface area (Å²) in [6.45, 7) is 0. The van der Waals surface area contributed by atoms with Gasteiger partial charge in [0.15, 0.2) is 0 Å². The summed E-state index contributed by atoms with van der Waals surface area (Å²) in [4.78, 5) is 13.5. The standard InChI is InChI=1S/C12H9F3N2O2/c13-12(14,15)19-9-3-1-2-7(4-9)8-5-10(16)11(18)17-6-8/h1-6H,16H2,(H,17,18). The van der Waals surface area contributed by atoms with Crippen LogP contribution in [0, 0.1) is 0 Å². The minimum Gasteiger partial charge on any atom is -0.406 e. The highest BCUT2D eigenvalue weighted by Crippen LogP contribution is 2.27. The molecular formula is C12H9F3N2O2. The molecule has 7 heteroatoms. The highest BCUT2D eigenvalue weighted by molar-refractivity contribution is 5.67. The van der Waals surface area contributed by atoms with E-state index in [9.17, 15) is 18.0 Å². The van der Waals surface area contributed by atoms with Gasteiger partial charge >= 0.3 is 6.36 Å². The number of aromatic amines is 1. The Morgan fingerprint density at radius 2 is 1.89 bits per heavy atom. The molecule has 0 saturated carbocycles. The van der Waals surface area contributed by atoms with E-state index in [2.05, 4.69) is 9.72 Å². The Hall–Kier alpha value is -2.44. The van der Waals surface area contributed by atoms with Crippen LogP contribution in [0.15, 0.2) is 41.3 Å². The van der Waals surface area contributed by atoms with Crippen LogP contribution in [0.4, 0.5) is 18.9 Å². The number of nitrogens with two attached hydrogens (primary N) is 1. The molecule has 19 heavy (non-hydrogen) atoms. The van der Waals surface area contributed by atoms with Gasteiger partial charge in [-0.2, -0.15) is 0 Å². The van der Waals surface area contributed by atoms with Crippen molar-refractivity contribution in [2.45, 2.75) is 6.36 Å². The Balaban J connectivity index is 2.37. The maximum absolute atomic E-state index is 12.1. The third-order valence-electron chi connectivity index (χ3n) is 2.33. The molecule has 0 saturated heterocycles. The summed E-state index contributed by atoms with van der Waals surface area (Å²) in [5.74, 6) is -0.338. The van der Waals surface area contributed by atoms with Gasteiger partial charge in [0, 0.05) is 11.8 Å². The predicted octanol–water partition coefficient (Wildman–Crippen LogP) is 2.52. The van der Waals surface area contributed by atoms with E-state index in [0.29, 0.717) is 11.1 Å². The predicted molar refractivity (Wildman–Crippen MR) is 63.6 cm³/mol. The van der Waals surface area contributed by atoms with Crippen LogP contribution < -0.4 is 16.0 Å². The van der Waals surface area contributed by atoms with E-state index < -0.39 is 11.9 Å². The molecular weight excluding hydrogens is 261 g/mol.